The van der Waals surface area contributed by atoms with Crippen LogP contribution < -0.4 is 10.2 Å². The van der Waals surface area contributed by atoms with Crippen LogP contribution in [-0.2, 0) is 4.79 Å². The lowest BCUT2D eigenvalue weighted by atomic mass is 10.0. The highest BCUT2D eigenvalue weighted by Crippen LogP contribution is 2.27. The number of anilines is 1. The van der Waals surface area contributed by atoms with Gasteiger partial charge in [-0.2, -0.15) is 0 Å². The molecule has 1 aliphatic rings. The fraction of sp³-hybridized carbons (Fsp3) is 0.533. The number of hydrogen-bond donors (Lipinski definition) is 2. The van der Waals surface area contributed by atoms with Gasteiger partial charge in [-0.25, -0.2) is 0 Å². The minimum Gasteiger partial charge on any atom is -0.481 e. The molecule has 1 aliphatic heterocycles. The summed E-state index contributed by atoms with van der Waals surface area (Å²) in [7, 11) is 0. The number of rotatable bonds is 2. The van der Waals surface area contributed by atoms with Crippen molar-refractivity contribution in [2.75, 3.05) is 31.1 Å². The molecule has 1 saturated heterocycles. The first-order valence-electron chi connectivity index (χ1n) is 6.75. The zero-order valence-electron chi connectivity index (χ0n) is 11.9. The predicted molar refractivity (Wildman–Crippen MR) is 76.9 cm³/mol. The van der Waals surface area contributed by atoms with E-state index in [1.165, 1.54) is 22.4 Å². The topological polar surface area (TPSA) is 52.6 Å². The maximum atomic E-state index is 11.2. The van der Waals surface area contributed by atoms with E-state index in [1.54, 1.807) is 0 Å². The van der Waals surface area contributed by atoms with Crippen molar-refractivity contribution >= 4 is 11.7 Å². The molecule has 1 fully saturated rings. The standard InChI is InChI=1S/C15H22N2O2/c1-10-6-11(2)14(12(3)7-10)17-5-4-16-8-13(9-17)15(18)19/h6-7,13,16H,4-5,8-9H2,1-3H3,(H,18,19). The fourth-order valence-electron chi connectivity index (χ4n) is 2.95. The van der Waals surface area contributed by atoms with Crippen molar-refractivity contribution in [3.63, 3.8) is 0 Å². The number of benzene rings is 1. The maximum Gasteiger partial charge on any atom is 0.309 e. The van der Waals surface area contributed by atoms with Crippen LogP contribution in [0.2, 0.25) is 0 Å². The van der Waals surface area contributed by atoms with Crippen LogP contribution in [-0.4, -0.2) is 37.3 Å². The molecular weight excluding hydrogens is 240 g/mol. The number of carboxylic acid groups (broad SMARTS) is 1. The molecule has 19 heavy (non-hydrogen) atoms. The Labute approximate surface area is 114 Å². The summed E-state index contributed by atoms with van der Waals surface area (Å²) in [5.41, 5.74) is 4.90. The number of hydrogen-bond acceptors (Lipinski definition) is 3. The largest absolute Gasteiger partial charge is 0.481 e. The summed E-state index contributed by atoms with van der Waals surface area (Å²) in [4.78, 5) is 13.5. The van der Waals surface area contributed by atoms with Crippen molar-refractivity contribution in [3.8, 4) is 0 Å². The zero-order valence-corrected chi connectivity index (χ0v) is 11.9. The number of carboxylic acids is 1. The van der Waals surface area contributed by atoms with Crippen molar-refractivity contribution in [3.05, 3.63) is 28.8 Å². The molecule has 0 aromatic heterocycles. The van der Waals surface area contributed by atoms with Crippen LogP contribution in [0.15, 0.2) is 12.1 Å². The third kappa shape index (κ3) is 3.07. The summed E-state index contributed by atoms with van der Waals surface area (Å²) >= 11 is 0. The second kappa shape index (κ2) is 5.61. The van der Waals surface area contributed by atoms with Crippen LogP contribution in [0.25, 0.3) is 0 Å². The number of aliphatic carboxylic acids is 1. The predicted octanol–water partition coefficient (Wildman–Crippen LogP) is 1.72. The summed E-state index contributed by atoms with van der Waals surface area (Å²) in [5, 5.41) is 12.5. The Hall–Kier alpha value is -1.55. The van der Waals surface area contributed by atoms with Crippen molar-refractivity contribution in [1.29, 1.82) is 0 Å². The van der Waals surface area contributed by atoms with E-state index in [1.807, 2.05) is 0 Å². The van der Waals surface area contributed by atoms with Crippen molar-refractivity contribution in [2.24, 2.45) is 5.92 Å². The highest BCUT2D eigenvalue weighted by molar-refractivity contribution is 5.72. The van der Waals surface area contributed by atoms with Gasteiger partial charge in [0.1, 0.15) is 0 Å². The molecule has 0 radical (unpaired) electrons. The second-order valence-corrected chi connectivity index (χ2v) is 5.43. The molecule has 1 aromatic carbocycles. The fourth-order valence-corrected chi connectivity index (χ4v) is 2.95. The molecule has 1 unspecified atom stereocenters. The van der Waals surface area contributed by atoms with Gasteiger partial charge in [0, 0.05) is 31.9 Å². The van der Waals surface area contributed by atoms with Gasteiger partial charge >= 0.3 is 5.97 Å². The first kappa shape index (κ1) is 13.9. The third-order valence-electron chi connectivity index (χ3n) is 3.69. The van der Waals surface area contributed by atoms with Crippen LogP contribution >= 0.6 is 0 Å². The van der Waals surface area contributed by atoms with Crippen molar-refractivity contribution in [1.82, 2.24) is 5.32 Å². The Kier molecular flexibility index (Phi) is 4.10. The Balaban J connectivity index is 2.32. The van der Waals surface area contributed by atoms with Gasteiger partial charge < -0.3 is 15.3 Å². The summed E-state index contributed by atoms with van der Waals surface area (Å²) in [6, 6.07) is 4.33. The van der Waals surface area contributed by atoms with E-state index >= 15 is 0 Å². The summed E-state index contributed by atoms with van der Waals surface area (Å²) in [5.74, 6) is -1.07. The Morgan fingerprint density at radius 2 is 1.95 bits per heavy atom. The summed E-state index contributed by atoms with van der Waals surface area (Å²) < 4.78 is 0. The lowest BCUT2D eigenvalue weighted by molar-refractivity contribution is -0.141. The smallest absolute Gasteiger partial charge is 0.309 e. The molecule has 1 heterocycles. The molecule has 104 valence electrons. The molecule has 2 N–H and O–H groups in total. The molecule has 0 saturated carbocycles. The average Bonchev–Trinajstić information content (AvgIpc) is 2.53. The molecule has 1 atom stereocenters. The molecule has 4 nitrogen and oxygen atoms in total. The minimum absolute atomic E-state index is 0.345. The number of nitrogens with one attached hydrogen (secondary N) is 1. The van der Waals surface area contributed by atoms with Crippen LogP contribution in [0.3, 0.4) is 0 Å². The van der Waals surface area contributed by atoms with Gasteiger partial charge in [-0.3, -0.25) is 4.79 Å². The first-order valence-corrected chi connectivity index (χ1v) is 6.75. The molecule has 0 amide bonds. The summed E-state index contributed by atoms with van der Waals surface area (Å²) in [6.45, 7) is 9.11. The molecular formula is C15H22N2O2. The minimum atomic E-state index is -0.721. The quantitative estimate of drug-likeness (QED) is 0.852. The molecule has 2 rings (SSSR count). The van der Waals surface area contributed by atoms with Crippen LogP contribution in [0.5, 0.6) is 0 Å². The lowest BCUT2D eigenvalue weighted by Gasteiger charge is -2.28. The van der Waals surface area contributed by atoms with Gasteiger partial charge in [0.2, 0.25) is 0 Å². The van der Waals surface area contributed by atoms with Gasteiger partial charge in [0.05, 0.1) is 5.92 Å². The first-order chi connectivity index (χ1) is 8.99. The lowest BCUT2D eigenvalue weighted by Crippen LogP contribution is -2.34. The zero-order chi connectivity index (χ0) is 14.0. The van der Waals surface area contributed by atoms with E-state index in [9.17, 15) is 9.90 Å². The van der Waals surface area contributed by atoms with Crippen molar-refractivity contribution in [2.45, 2.75) is 20.8 Å². The van der Waals surface area contributed by atoms with Gasteiger partial charge in [0.25, 0.3) is 0 Å². The third-order valence-corrected chi connectivity index (χ3v) is 3.69. The second-order valence-electron chi connectivity index (χ2n) is 5.43. The normalized spacial score (nSPS) is 20.2. The van der Waals surface area contributed by atoms with Crippen LogP contribution in [0, 0.1) is 26.7 Å². The van der Waals surface area contributed by atoms with Gasteiger partial charge in [0.15, 0.2) is 0 Å². The van der Waals surface area contributed by atoms with E-state index in [-0.39, 0.29) is 5.92 Å². The maximum absolute atomic E-state index is 11.2. The molecule has 0 bridgehead atoms. The number of aryl methyl sites for hydroxylation is 3. The highest BCUT2D eigenvalue weighted by Gasteiger charge is 2.25. The average molecular weight is 262 g/mol. The number of carbonyl (C=O) groups is 1. The van der Waals surface area contributed by atoms with E-state index < -0.39 is 5.97 Å². The van der Waals surface area contributed by atoms with Crippen LogP contribution in [0.1, 0.15) is 16.7 Å². The highest BCUT2D eigenvalue weighted by atomic mass is 16.4. The van der Waals surface area contributed by atoms with Crippen molar-refractivity contribution < 1.29 is 9.90 Å². The van der Waals surface area contributed by atoms with Gasteiger partial charge in [-0.05, 0) is 31.9 Å². The van der Waals surface area contributed by atoms with E-state index in [2.05, 4.69) is 43.1 Å². The van der Waals surface area contributed by atoms with E-state index in [0.717, 1.165) is 13.1 Å². The molecule has 1 aromatic rings. The van der Waals surface area contributed by atoms with E-state index in [4.69, 9.17) is 0 Å². The summed E-state index contributed by atoms with van der Waals surface area (Å²) in [6.07, 6.45) is 0. The Morgan fingerprint density at radius 3 is 2.53 bits per heavy atom. The van der Waals surface area contributed by atoms with Gasteiger partial charge in [-0.15, -0.1) is 0 Å². The number of nitrogens with zero attached hydrogens (tertiary/aromatic N) is 1. The molecule has 4 heteroatoms. The van der Waals surface area contributed by atoms with Gasteiger partial charge in [-0.1, -0.05) is 17.7 Å². The molecule has 0 aliphatic carbocycles. The monoisotopic (exact) mass is 262 g/mol. The Bertz CT molecular complexity index is 462. The van der Waals surface area contributed by atoms with E-state index in [0.29, 0.717) is 13.1 Å². The SMILES string of the molecule is Cc1cc(C)c(N2CCNCC(C(=O)O)C2)c(C)c1. The Morgan fingerprint density at radius 1 is 1.32 bits per heavy atom. The van der Waals surface area contributed by atoms with Crippen LogP contribution in [0.4, 0.5) is 5.69 Å². The molecule has 0 spiro atoms.